The van der Waals surface area contributed by atoms with E-state index in [0.717, 1.165) is 4.44 Å². The second-order valence-corrected chi connectivity index (χ2v) is 13.0. The fourth-order valence-electron chi connectivity index (χ4n) is 0.310. The fourth-order valence-corrected chi connectivity index (χ4v) is 3.88. The smallest absolute Gasteiger partial charge is 0.387 e. The second kappa shape index (κ2) is 9.67. The Morgan fingerprint density at radius 2 is 1.69 bits per heavy atom. The Hall–Kier alpha value is 1.13. The summed E-state index contributed by atoms with van der Waals surface area (Å²) in [6.45, 7) is 0.423. The minimum absolute atomic E-state index is 1.13. The number of hydrogen-bond acceptors (Lipinski definition) is 1. The van der Waals surface area contributed by atoms with Crippen LogP contribution in [0, 0.1) is 0 Å². The molecular formula is C6H12Cl2F3OSn. The molecule has 81 valence electrons. The molecule has 0 aromatic heterocycles. The van der Waals surface area contributed by atoms with Gasteiger partial charge < -0.3 is 5.11 Å². The molecule has 0 aliphatic rings. The van der Waals surface area contributed by atoms with Crippen LogP contribution in [0.5, 0.6) is 0 Å². The van der Waals surface area contributed by atoms with Gasteiger partial charge in [0, 0.05) is 0 Å². The van der Waals surface area contributed by atoms with Gasteiger partial charge >= 0.3 is 65.7 Å². The summed E-state index contributed by atoms with van der Waals surface area (Å²) in [5.74, 6) is 0. The first kappa shape index (κ1) is 16.6. The van der Waals surface area contributed by atoms with E-state index >= 15 is 0 Å². The van der Waals surface area contributed by atoms with Gasteiger partial charge in [-0.3, -0.25) is 0 Å². The maximum atomic E-state index is 10.5. The van der Waals surface area contributed by atoms with Gasteiger partial charge in [0.15, 0.2) is 0 Å². The van der Waals surface area contributed by atoms with Crippen molar-refractivity contribution in [1.29, 1.82) is 0 Å². The number of aliphatic hydroxyl groups excluding tert-OH is 1. The van der Waals surface area contributed by atoms with Gasteiger partial charge in [0.05, 0.1) is 0 Å². The molecule has 0 aromatic carbocycles. The molecule has 0 aromatic rings. The van der Waals surface area contributed by atoms with E-state index in [4.69, 9.17) is 22.9 Å². The summed E-state index contributed by atoms with van der Waals surface area (Å²) in [7, 11) is 11.2. The van der Waals surface area contributed by atoms with E-state index in [1.54, 1.807) is 0 Å². The van der Waals surface area contributed by atoms with Crippen LogP contribution in [-0.4, -0.2) is 35.4 Å². The summed E-state index contributed by atoms with van der Waals surface area (Å²) >= 11 is -1.70. The number of aliphatic hydroxyl groups is 1. The molecule has 0 atom stereocenters. The first-order chi connectivity index (χ1) is 5.83. The van der Waals surface area contributed by atoms with E-state index in [9.17, 15) is 13.2 Å². The number of alkyl halides is 3. The van der Waals surface area contributed by atoms with Gasteiger partial charge in [-0.25, -0.2) is 0 Å². The summed E-state index contributed by atoms with van der Waals surface area (Å²) in [5, 5.41) is 7.28. The van der Waals surface area contributed by atoms with Crippen LogP contribution >= 0.6 is 17.8 Å². The van der Waals surface area contributed by atoms with Crippen LogP contribution in [0.25, 0.3) is 0 Å². The van der Waals surface area contributed by atoms with Crippen LogP contribution in [0.3, 0.4) is 0 Å². The molecule has 1 nitrogen and oxygen atoms in total. The zero-order valence-electron chi connectivity index (χ0n) is 7.17. The monoisotopic (exact) mass is 347 g/mol. The molecule has 0 saturated heterocycles. The molecule has 0 aliphatic carbocycles. The summed E-state index contributed by atoms with van der Waals surface area (Å²) in [5.41, 5.74) is 0. The summed E-state index contributed by atoms with van der Waals surface area (Å²) in [6.07, 6.45) is -1.95. The van der Waals surface area contributed by atoms with Gasteiger partial charge in [0.25, 0.3) is 0 Å². The third-order valence-corrected chi connectivity index (χ3v) is 5.52. The third-order valence-electron chi connectivity index (χ3n) is 0.899. The minimum atomic E-state index is -4.40. The third kappa shape index (κ3) is 24.6. The van der Waals surface area contributed by atoms with Crippen molar-refractivity contribution < 1.29 is 18.3 Å². The molecule has 0 rings (SSSR count). The molecule has 0 bridgehead atoms. The van der Waals surface area contributed by atoms with Gasteiger partial charge in [-0.1, -0.05) is 0 Å². The topological polar surface area (TPSA) is 20.2 Å². The standard InChI is InChI=1S/C4H9.C2H3F3O.2ClH.Sn/c1-3-4-2;3-2(4,5)1-6;;;/h1,3-4H2,2H3;6H,1H2;2*1H;/q;;;;+2/p-2. The molecule has 0 amide bonds. The Morgan fingerprint density at radius 1 is 1.31 bits per heavy atom. The summed E-state index contributed by atoms with van der Waals surface area (Å²) in [4.78, 5) is 0. The zero-order chi connectivity index (χ0) is 10.9. The molecule has 0 fully saturated rings. The number of hydrogen-bond donors (Lipinski definition) is 1. The normalized spacial score (nSPS) is 11.1. The van der Waals surface area contributed by atoms with Crippen molar-refractivity contribution in [3.8, 4) is 0 Å². The number of rotatable bonds is 3. The van der Waals surface area contributed by atoms with Crippen LogP contribution in [0.1, 0.15) is 19.8 Å². The number of unbranched alkanes of at least 4 members (excludes halogenated alkanes) is 1. The van der Waals surface area contributed by atoms with Crippen molar-refractivity contribution >= 4 is 35.3 Å². The van der Waals surface area contributed by atoms with E-state index in [-0.39, 0.29) is 0 Å². The largest absolute Gasteiger partial charge is 0.411 e. The van der Waals surface area contributed by atoms with E-state index < -0.39 is 30.3 Å². The zero-order valence-corrected chi connectivity index (χ0v) is 11.5. The predicted molar refractivity (Wildman–Crippen MR) is 50.3 cm³/mol. The maximum Gasteiger partial charge on any atom is 0.411 e. The molecule has 1 N–H and O–H groups in total. The van der Waals surface area contributed by atoms with Crippen molar-refractivity contribution in [3.63, 3.8) is 0 Å². The molecule has 0 saturated carbocycles. The molecule has 0 unspecified atom stereocenters. The average Bonchev–Trinajstić information content (AvgIpc) is 2.01. The van der Waals surface area contributed by atoms with Gasteiger partial charge in [0.1, 0.15) is 6.61 Å². The Kier molecular flexibility index (Phi) is 12.3. The Labute approximate surface area is 90.4 Å². The average molecular weight is 347 g/mol. The van der Waals surface area contributed by atoms with Gasteiger partial charge in [-0.05, 0) is 0 Å². The van der Waals surface area contributed by atoms with Gasteiger partial charge in [-0.15, -0.1) is 0 Å². The summed E-state index contributed by atoms with van der Waals surface area (Å²) in [6, 6.07) is 0. The van der Waals surface area contributed by atoms with Crippen molar-refractivity contribution in [2.45, 2.75) is 30.4 Å². The Balaban J connectivity index is 0. The van der Waals surface area contributed by atoms with Crippen LogP contribution < -0.4 is 0 Å². The summed E-state index contributed by atoms with van der Waals surface area (Å²) < 4.78 is 32.7. The van der Waals surface area contributed by atoms with Crippen molar-refractivity contribution in [3.05, 3.63) is 0 Å². The molecule has 0 heterocycles. The maximum absolute atomic E-state index is 10.5. The van der Waals surface area contributed by atoms with E-state index in [1.807, 2.05) is 0 Å². The molecule has 7 heteroatoms. The van der Waals surface area contributed by atoms with Gasteiger partial charge in [-0.2, -0.15) is 13.2 Å². The van der Waals surface area contributed by atoms with Gasteiger partial charge in [0.2, 0.25) is 0 Å². The molecular weight excluding hydrogens is 335 g/mol. The van der Waals surface area contributed by atoms with E-state index in [0.29, 0.717) is 0 Å². The quantitative estimate of drug-likeness (QED) is 0.777. The Bertz CT molecular complexity index is 111. The SMILES string of the molecule is CCC[CH2][Sn]([Cl])[Cl].OCC(F)(F)F. The molecule has 0 aliphatic heterocycles. The molecule has 1 radical (unpaired) electrons. The van der Waals surface area contributed by atoms with E-state index in [2.05, 4.69) is 6.92 Å². The van der Waals surface area contributed by atoms with Crippen molar-refractivity contribution in [2.75, 3.05) is 6.61 Å². The predicted octanol–water partition coefficient (Wildman–Crippen LogP) is 3.29. The van der Waals surface area contributed by atoms with E-state index in [1.165, 1.54) is 12.8 Å². The first-order valence-corrected chi connectivity index (χ1v) is 12.9. The van der Waals surface area contributed by atoms with Crippen LogP contribution in [-0.2, 0) is 0 Å². The molecule has 0 spiro atoms. The van der Waals surface area contributed by atoms with Crippen LogP contribution in [0.4, 0.5) is 13.2 Å². The first-order valence-electron chi connectivity index (χ1n) is 3.68. The van der Waals surface area contributed by atoms with Crippen molar-refractivity contribution in [2.24, 2.45) is 0 Å². The Morgan fingerprint density at radius 3 is 1.77 bits per heavy atom. The second-order valence-electron chi connectivity index (χ2n) is 2.22. The molecule has 13 heavy (non-hydrogen) atoms. The van der Waals surface area contributed by atoms with Crippen molar-refractivity contribution in [1.82, 2.24) is 0 Å². The van der Waals surface area contributed by atoms with Crippen LogP contribution in [0.2, 0.25) is 4.44 Å². The minimum Gasteiger partial charge on any atom is -0.387 e. The number of halogens is 5. The van der Waals surface area contributed by atoms with Crippen LogP contribution in [0.15, 0.2) is 0 Å². The fraction of sp³-hybridized carbons (Fsp3) is 1.00.